The Morgan fingerprint density at radius 1 is 1.16 bits per heavy atom. The van der Waals surface area contributed by atoms with E-state index in [4.69, 9.17) is 0 Å². The van der Waals surface area contributed by atoms with Crippen molar-refractivity contribution in [1.29, 1.82) is 0 Å². The summed E-state index contributed by atoms with van der Waals surface area (Å²) in [6.07, 6.45) is 13.7. The molecule has 2 aromatic rings. The Bertz CT molecular complexity index is 969. The first kappa shape index (κ1) is 23.2. The minimum absolute atomic E-state index is 0. The van der Waals surface area contributed by atoms with Crippen molar-refractivity contribution in [1.82, 2.24) is 4.98 Å². The molecule has 2 aliphatic rings. The maximum absolute atomic E-state index is 13.1. The lowest BCUT2D eigenvalue weighted by Crippen LogP contribution is -2.14. The highest BCUT2D eigenvalue weighted by Gasteiger charge is 2.24. The average molecular weight is 436 g/mol. The molecule has 2 nitrogen and oxygen atoms in total. The first-order valence-electron chi connectivity index (χ1n) is 11.2. The highest BCUT2D eigenvalue weighted by atomic mass is 19.2. The molecular weight excluding hydrogens is 399 g/mol. The van der Waals surface area contributed by atoms with E-state index in [2.05, 4.69) is 30.1 Å². The minimum atomic E-state index is -1.48. The number of halogens is 3. The van der Waals surface area contributed by atoms with E-state index in [0.717, 1.165) is 24.5 Å². The Morgan fingerprint density at radius 2 is 1.97 bits per heavy atom. The number of hydrogen-bond acceptors (Lipinski definition) is 2. The third-order valence-electron chi connectivity index (χ3n) is 6.24. The number of aromatic nitrogens is 1. The summed E-state index contributed by atoms with van der Waals surface area (Å²) in [6, 6.07) is 4.20. The van der Waals surface area contributed by atoms with Gasteiger partial charge < -0.3 is 0 Å². The number of aryl methyl sites for hydroxylation is 1. The van der Waals surface area contributed by atoms with Crippen LogP contribution in [0.4, 0.5) is 13.2 Å². The van der Waals surface area contributed by atoms with Gasteiger partial charge in [-0.05, 0) is 60.4 Å². The number of Topliss-reactive ketones (excluding diaryl/α,β-unsaturated/α-hetero) is 1. The molecule has 5 heteroatoms. The van der Waals surface area contributed by atoms with Gasteiger partial charge in [-0.3, -0.25) is 9.78 Å². The van der Waals surface area contributed by atoms with Gasteiger partial charge in [-0.25, -0.2) is 13.2 Å². The van der Waals surface area contributed by atoms with E-state index in [1.54, 1.807) is 6.92 Å². The van der Waals surface area contributed by atoms with Crippen molar-refractivity contribution in [2.75, 3.05) is 0 Å². The van der Waals surface area contributed by atoms with Crippen molar-refractivity contribution in [3.63, 3.8) is 0 Å². The normalized spacial score (nSPS) is 19.5. The molecule has 31 heavy (non-hydrogen) atoms. The summed E-state index contributed by atoms with van der Waals surface area (Å²) in [5, 5.41) is 0. The molecule has 4 rings (SSSR count). The van der Waals surface area contributed by atoms with E-state index in [1.165, 1.54) is 42.5 Å². The monoisotopic (exact) mass is 435 g/mol. The molecule has 2 aliphatic carbocycles. The Hall–Kier alpha value is -2.43. The van der Waals surface area contributed by atoms with Gasteiger partial charge in [-0.1, -0.05) is 44.9 Å². The summed E-state index contributed by atoms with van der Waals surface area (Å²) in [4.78, 5) is 15.6. The summed E-state index contributed by atoms with van der Waals surface area (Å²) in [5.74, 6) is -2.32. The van der Waals surface area contributed by atoms with E-state index < -0.39 is 17.5 Å². The number of rotatable bonds is 5. The first-order chi connectivity index (χ1) is 14.9. The van der Waals surface area contributed by atoms with E-state index in [9.17, 15) is 18.0 Å². The van der Waals surface area contributed by atoms with Gasteiger partial charge in [0.15, 0.2) is 17.5 Å². The summed E-state index contributed by atoms with van der Waals surface area (Å²) < 4.78 is 38.4. The van der Waals surface area contributed by atoms with Crippen LogP contribution in [0.3, 0.4) is 0 Å². The average Bonchev–Trinajstić information content (AvgIpc) is 3.26. The summed E-state index contributed by atoms with van der Waals surface area (Å²) in [5.41, 5.74) is 4.32. The molecule has 1 heterocycles. The van der Waals surface area contributed by atoms with Crippen LogP contribution in [0.15, 0.2) is 30.5 Å². The predicted molar refractivity (Wildman–Crippen MR) is 124 cm³/mol. The molecule has 0 aliphatic heterocycles. The number of pyridine rings is 1. The third-order valence-corrected chi connectivity index (χ3v) is 6.24. The SMILES string of the molecule is CCC(=O)CCc1ccc(F)c(F)c1F.C[C@@H]1CCCC(c2nccc3c2C=CC3)C1.[HH].[HH].[HH]. The van der Waals surface area contributed by atoms with E-state index in [-0.39, 0.29) is 28.5 Å². The fourth-order valence-corrected chi connectivity index (χ4v) is 4.42. The highest BCUT2D eigenvalue weighted by molar-refractivity contribution is 5.78. The van der Waals surface area contributed by atoms with Crippen molar-refractivity contribution in [3.8, 4) is 0 Å². The number of hydrogen-bond donors (Lipinski definition) is 0. The van der Waals surface area contributed by atoms with Crippen LogP contribution in [0.5, 0.6) is 0 Å². The molecule has 1 unspecified atom stereocenters. The van der Waals surface area contributed by atoms with Crippen LogP contribution in [0.25, 0.3) is 6.08 Å². The molecule has 1 aromatic heterocycles. The second-order valence-corrected chi connectivity index (χ2v) is 8.57. The number of fused-ring (bicyclic) bond motifs is 1. The Labute approximate surface area is 187 Å². The Kier molecular flexibility index (Phi) is 8.05. The van der Waals surface area contributed by atoms with Crippen LogP contribution in [-0.2, 0) is 17.6 Å². The molecule has 0 spiro atoms. The van der Waals surface area contributed by atoms with Gasteiger partial charge in [0, 0.05) is 29.2 Å². The molecular formula is C26H36F3NO. The topological polar surface area (TPSA) is 30.0 Å². The van der Waals surface area contributed by atoms with Gasteiger partial charge in [-0.2, -0.15) is 0 Å². The maximum atomic E-state index is 13.1. The van der Waals surface area contributed by atoms with Crippen molar-refractivity contribution < 1.29 is 22.2 Å². The van der Waals surface area contributed by atoms with E-state index in [0.29, 0.717) is 12.3 Å². The second kappa shape index (κ2) is 10.7. The Balaban J connectivity index is 0.000000591. The number of allylic oxidation sites excluding steroid dienone is 1. The fourth-order valence-electron chi connectivity index (χ4n) is 4.42. The zero-order chi connectivity index (χ0) is 22.4. The molecule has 0 bridgehead atoms. The summed E-state index contributed by atoms with van der Waals surface area (Å²) in [6.45, 7) is 4.08. The lowest BCUT2D eigenvalue weighted by atomic mass is 9.79. The number of carbonyl (C=O) groups is 1. The molecule has 2 atom stereocenters. The van der Waals surface area contributed by atoms with Crippen LogP contribution < -0.4 is 0 Å². The van der Waals surface area contributed by atoms with Gasteiger partial charge in [0.1, 0.15) is 5.78 Å². The largest absolute Gasteiger partial charge is 0.300 e. The second-order valence-electron chi connectivity index (χ2n) is 8.57. The molecule has 1 saturated carbocycles. The summed E-state index contributed by atoms with van der Waals surface area (Å²) in [7, 11) is 0. The van der Waals surface area contributed by atoms with Gasteiger partial charge >= 0.3 is 0 Å². The number of benzene rings is 1. The molecule has 0 saturated heterocycles. The van der Waals surface area contributed by atoms with Crippen molar-refractivity contribution in [2.45, 2.75) is 71.1 Å². The summed E-state index contributed by atoms with van der Waals surface area (Å²) >= 11 is 0. The predicted octanol–water partition coefficient (Wildman–Crippen LogP) is 7.70. The first-order valence-corrected chi connectivity index (χ1v) is 11.2. The van der Waals surface area contributed by atoms with Crippen LogP contribution in [-0.4, -0.2) is 10.8 Å². The molecule has 0 amide bonds. The third kappa shape index (κ3) is 5.84. The Morgan fingerprint density at radius 3 is 2.71 bits per heavy atom. The number of ketones is 1. The molecule has 1 aromatic carbocycles. The number of nitrogens with zero attached hydrogens (tertiary/aromatic N) is 1. The highest BCUT2D eigenvalue weighted by Crippen LogP contribution is 2.38. The number of carbonyl (C=O) groups excluding carboxylic acids is 1. The van der Waals surface area contributed by atoms with Crippen LogP contribution in [0.1, 0.15) is 85.0 Å². The zero-order valence-corrected chi connectivity index (χ0v) is 18.3. The van der Waals surface area contributed by atoms with Gasteiger partial charge in [0.25, 0.3) is 0 Å². The van der Waals surface area contributed by atoms with Crippen LogP contribution in [0, 0.1) is 23.4 Å². The minimum Gasteiger partial charge on any atom is -0.300 e. The van der Waals surface area contributed by atoms with E-state index in [1.807, 2.05) is 6.20 Å². The lowest BCUT2D eigenvalue weighted by molar-refractivity contribution is -0.118. The molecule has 0 N–H and O–H groups in total. The zero-order valence-electron chi connectivity index (χ0n) is 18.3. The van der Waals surface area contributed by atoms with Crippen LogP contribution >= 0.6 is 0 Å². The van der Waals surface area contributed by atoms with Crippen molar-refractivity contribution in [2.24, 2.45) is 5.92 Å². The standard InChI is InChI=1S/C15H19N.C11H11F3O.3H2/c1-11-4-2-6-13(10-11)15-14-7-3-5-12(14)8-9-16-15;1-2-8(15)5-3-7-4-6-9(12)11(14)10(7)13;;;/h3,7-9,11,13H,2,4-6,10H2,1H3;4,6H,2-3,5H2,1H3;3*1H/t11-,13?;;;;/m1..../s1. The fraction of sp³-hybridized carbons (Fsp3) is 0.462. The van der Waals surface area contributed by atoms with E-state index >= 15 is 0 Å². The van der Waals surface area contributed by atoms with Gasteiger partial charge in [0.05, 0.1) is 5.69 Å². The maximum Gasteiger partial charge on any atom is 0.194 e. The van der Waals surface area contributed by atoms with Crippen molar-refractivity contribution in [3.05, 3.63) is 70.3 Å². The van der Waals surface area contributed by atoms with Crippen molar-refractivity contribution >= 4 is 11.9 Å². The quantitative estimate of drug-likeness (QED) is 0.450. The molecule has 1 fully saturated rings. The smallest absolute Gasteiger partial charge is 0.194 e. The lowest BCUT2D eigenvalue weighted by Gasteiger charge is -2.27. The van der Waals surface area contributed by atoms with Gasteiger partial charge in [-0.15, -0.1) is 0 Å². The molecule has 0 radical (unpaired) electrons. The molecule has 172 valence electrons. The van der Waals surface area contributed by atoms with Gasteiger partial charge in [0.2, 0.25) is 0 Å². The van der Waals surface area contributed by atoms with Crippen LogP contribution in [0.2, 0.25) is 0 Å².